The summed E-state index contributed by atoms with van der Waals surface area (Å²) in [7, 11) is 0. The number of rotatable bonds is 0. The molecule has 8 heavy (non-hydrogen) atoms. The molecule has 1 saturated carbocycles. The Morgan fingerprint density at radius 1 is 1.50 bits per heavy atom. The third-order valence-corrected chi connectivity index (χ3v) is 6.25. The van der Waals surface area contributed by atoms with Gasteiger partial charge in [-0.3, -0.25) is 0 Å². The first-order chi connectivity index (χ1) is 3.79. The number of hydrogen-bond acceptors (Lipinski definition) is 0. The van der Waals surface area contributed by atoms with E-state index in [4.69, 9.17) is 0 Å². The molecule has 3 fully saturated rings. The van der Waals surface area contributed by atoms with Gasteiger partial charge in [-0.25, -0.2) is 0 Å². The Morgan fingerprint density at radius 3 is 2.50 bits per heavy atom. The normalized spacial score (nSPS) is 53.9. The van der Waals surface area contributed by atoms with Gasteiger partial charge in [-0.15, -0.1) is 0 Å². The molecule has 0 radical (unpaired) electrons. The number of halogens is 1. The van der Waals surface area contributed by atoms with E-state index in [-0.39, 0.29) is 0 Å². The van der Waals surface area contributed by atoms with Crippen LogP contribution in [0.4, 0.5) is 0 Å². The molecule has 0 N–H and O–H groups in total. The summed E-state index contributed by atoms with van der Waals surface area (Å²) in [5.41, 5.74) is 0. The van der Waals surface area contributed by atoms with Gasteiger partial charge in [0.05, 0.1) is 0 Å². The van der Waals surface area contributed by atoms with Crippen LogP contribution in [0.3, 0.4) is 0 Å². The van der Waals surface area contributed by atoms with Crippen molar-refractivity contribution in [1.29, 1.82) is 0 Å². The Hall–Kier alpha value is 0.730. The van der Waals surface area contributed by atoms with Crippen LogP contribution in [0.15, 0.2) is 0 Å². The van der Waals surface area contributed by atoms with Crippen LogP contribution in [-0.2, 0) is 0 Å². The van der Waals surface area contributed by atoms with Crippen LogP contribution >= 0.6 is 0 Å². The molecule has 0 spiro atoms. The summed E-state index contributed by atoms with van der Waals surface area (Å²) >= 11 is 0.634. The van der Waals surface area contributed by atoms with E-state index in [9.17, 15) is 0 Å². The predicted molar refractivity (Wildman–Crippen MR) is 30.6 cm³/mol. The molecule has 0 unspecified atom stereocenters. The quantitative estimate of drug-likeness (QED) is 0.352. The van der Waals surface area contributed by atoms with Crippen molar-refractivity contribution < 1.29 is 21.2 Å². The minimum absolute atomic E-state index is 0.634. The molecule has 0 atom stereocenters. The average molecular weight is 223 g/mol. The van der Waals surface area contributed by atoms with E-state index in [2.05, 4.69) is 6.92 Å². The van der Waals surface area contributed by atoms with Crippen LogP contribution in [0.2, 0.25) is 0 Å². The molecule has 2 heterocycles. The zero-order valence-corrected chi connectivity index (χ0v) is 7.44. The zero-order valence-electron chi connectivity index (χ0n) is 5.28. The monoisotopic (exact) mass is 223 g/mol. The molecule has 3 aliphatic rings. The van der Waals surface area contributed by atoms with E-state index in [0.29, 0.717) is 21.2 Å². The Labute approximate surface area is 61.3 Å². The fraction of sp³-hybridized carbons (Fsp3) is 1.00. The first kappa shape index (κ1) is 5.51. The second-order valence-electron chi connectivity index (χ2n) is 3.30. The molecule has 1 aliphatic carbocycles. The maximum atomic E-state index is 2.50. The van der Waals surface area contributed by atoms with Crippen molar-refractivity contribution >= 4 is 0 Å². The van der Waals surface area contributed by atoms with Crippen LogP contribution < -0.4 is 21.2 Å². The molecular formula is C7H12I-. The molecule has 0 aromatic rings. The summed E-state index contributed by atoms with van der Waals surface area (Å²) in [5.74, 6) is 1.17. The standard InChI is InChI=1S/C7H12I/c1-7-4-6(5-7)2-3-8-7/h6H,2-5H2,1H3/q-1. The van der Waals surface area contributed by atoms with Crippen LogP contribution in [0, 0.1) is 5.92 Å². The van der Waals surface area contributed by atoms with Gasteiger partial charge in [0.1, 0.15) is 0 Å². The summed E-state index contributed by atoms with van der Waals surface area (Å²) in [4.78, 5) is 0. The second-order valence-corrected chi connectivity index (χ2v) is 7.74. The molecule has 0 aromatic heterocycles. The number of alkyl halides is 2. The fourth-order valence-electron chi connectivity index (χ4n) is 1.89. The molecular weight excluding hydrogens is 211 g/mol. The summed E-state index contributed by atoms with van der Waals surface area (Å²) in [5, 5.41) is 0. The van der Waals surface area contributed by atoms with Gasteiger partial charge in [0.25, 0.3) is 0 Å². The zero-order chi connectivity index (χ0) is 5.61. The Morgan fingerprint density at radius 2 is 2.25 bits per heavy atom. The van der Waals surface area contributed by atoms with Gasteiger partial charge < -0.3 is 0 Å². The Balaban J connectivity index is 2.06. The van der Waals surface area contributed by atoms with Crippen molar-refractivity contribution in [1.82, 2.24) is 0 Å². The van der Waals surface area contributed by atoms with Gasteiger partial charge >= 0.3 is 61.2 Å². The molecule has 48 valence electrons. The van der Waals surface area contributed by atoms with E-state index in [1.807, 2.05) is 0 Å². The number of hydrogen-bond donors (Lipinski definition) is 0. The van der Waals surface area contributed by atoms with Crippen LogP contribution in [0.25, 0.3) is 0 Å². The Kier molecular flexibility index (Phi) is 1.11. The van der Waals surface area contributed by atoms with Crippen LogP contribution in [0.5, 0.6) is 0 Å². The third-order valence-electron chi connectivity index (χ3n) is 2.36. The summed E-state index contributed by atoms with van der Waals surface area (Å²) < 4.78 is 2.56. The van der Waals surface area contributed by atoms with Crippen molar-refractivity contribution in [3.63, 3.8) is 0 Å². The minimum atomic E-state index is 0.634. The van der Waals surface area contributed by atoms with E-state index in [1.54, 1.807) is 23.7 Å². The van der Waals surface area contributed by atoms with Gasteiger partial charge in [-0.2, -0.15) is 0 Å². The first-order valence-electron chi connectivity index (χ1n) is 3.39. The topological polar surface area (TPSA) is 0 Å². The second kappa shape index (κ2) is 1.61. The van der Waals surface area contributed by atoms with Gasteiger partial charge in [0.15, 0.2) is 0 Å². The van der Waals surface area contributed by atoms with Crippen molar-refractivity contribution in [3.05, 3.63) is 0 Å². The predicted octanol–water partition coefficient (Wildman–Crippen LogP) is -1.35. The molecule has 0 aromatic carbocycles. The molecule has 0 amide bonds. The van der Waals surface area contributed by atoms with Crippen molar-refractivity contribution in [2.24, 2.45) is 5.92 Å². The Bertz CT molecular complexity index is 97.4. The summed E-state index contributed by atoms with van der Waals surface area (Å²) in [6.45, 7) is 2.50. The van der Waals surface area contributed by atoms with Gasteiger partial charge in [-0.1, -0.05) is 0 Å². The average Bonchev–Trinajstić information content (AvgIpc) is 1.63. The first-order valence-corrected chi connectivity index (χ1v) is 5.99. The van der Waals surface area contributed by atoms with E-state index >= 15 is 0 Å². The molecule has 2 bridgehead atoms. The van der Waals surface area contributed by atoms with Gasteiger partial charge in [-0.05, 0) is 0 Å². The maximum absolute atomic E-state index is 2.50. The SMILES string of the molecule is CC12CC(CC[I-]1)C2. The molecule has 1 heteroatoms. The van der Waals surface area contributed by atoms with E-state index in [1.165, 1.54) is 5.92 Å². The van der Waals surface area contributed by atoms with Crippen molar-refractivity contribution in [2.75, 3.05) is 4.43 Å². The van der Waals surface area contributed by atoms with Crippen LogP contribution in [-0.4, -0.2) is 7.85 Å². The number of fused-ring (bicyclic) bond motifs is 2. The van der Waals surface area contributed by atoms with E-state index in [0.717, 1.165) is 3.42 Å². The third kappa shape index (κ3) is 0.703. The van der Waals surface area contributed by atoms with Crippen molar-refractivity contribution in [3.8, 4) is 0 Å². The fourth-order valence-corrected chi connectivity index (χ4v) is 6.26. The molecule has 3 rings (SSSR count). The van der Waals surface area contributed by atoms with E-state index < -0.39 is 0 Å². The van der Waals surface area contributed by atoms with Crippen molar-refractivity contribution in [2.45, 2.75) is 29.6 Å². The summed E-state index contributed by atoms with van der Waals surface area (Å²) in [6.07, 6.45) is 4.78. The summed E-state index contributed by atoms with van der Waals surface area (Å²) in [6, 6.07) is 0. The molecule has 2 aliphatic heterocycles. The molecule has 2 saturated heterocycles. The van der Waals surface area contributed by atoms with Gasteiger partial charge in [0, 0.05) is 0 Å². The molecule has 0 nitrogen and oxygen atoms in total. The van der Waals surface area contributed by atoms with Gasteiger partial charge in [0.2, 0.25) is 0 Å². The van der Waals surface area contributed by atoms with Crippen LogP contribution in [0.1, 0.15) is 26.2 Å².